The van der Waals surface area contributed by atoms with Crippen molar-refractivity contribution >= 4 is 0 Å². The third-order valence-corrected chi connectivity index (χ3v) is 7.44. The van der Waals surface area contributed by atoms with Gasteiger partial charge in [0.25, 0.3) is 0 Å². The zero-order valence-corrected chi connectivity index (χ0v) is 20.5. The first-order chi connectivity index (χ1) is 14.7. The van der Waals surface area contributed by atoms with Crippen LogP contribution in [0, 0.1) is 0 Å². The van der Waals surface area contributed by atoms with Gasteiger partial charge in [-0.05, 0) is 24.3 Å². The normalized spacial score (nSPS) is 32.1. The van der Waals surface area contributed by atoms with Crippen LogP contribution in [0.4, 0.5) is 0 Å². The summed E-state index contributed by atoms with van der Waals surface area (Å²) in [5.41, 5.74) is 2.49. The molecule has 4 bridgehead atoms. The molecule has 0 aliphatic carbocycles. The lowest BCUT2D eigenvalue weighted by Crippen LogP contribution is -3.00. The molecule has 0 saturated carbocycles. The summed E-state index contributed by atoms with van der Waals surface area (Å²) < 4.78 is 2.35. The van der Waals surface area contributed by atoms with Gasteiger partial charge in [0.2, 0.25) is 0 Å². The van der Waals surface area contributed by atoms with Gasteiger partial charge < -0.3 is 33.8 Å². The summed E-state index contributed by atoms with van der Waals surface area (Å²) in [7, 11) is 0. The molecule has 3 aliphatic heterocycles. The summed E-state index contributed by atoms with van der Waals surface area (Å²) in [5.74, 6) is 0. The van der Waals surface area contributed by atoms with Crippen LogP contribution in [0.1, 0.15) is 24.2 Å². The van der Waals surface area contributed by atoms with E-state index < -0.39 is 0 Å². The number of quaternary nitrogens is 2. The Morgan fingerprint density at radius 1 is 0.625 bits per heavy atom. The van der Waals surface area contributed by atoms with E-state index in [-0.39, 0.29) is 24.8 Å². The molecule has 176 valence electrons. The van der Waals surface area contributed by atoms with Crippen LogP contribution in [-0.2, 0) is 13.1 Å². The van der Waals surface area contributed by atoms with Crippen LogP contribution in [0.5, 0.6) is 0 Å². The minimum atomic E-state index is 0. The molecule has 5 heterocycles. The van der Waals surface area contributed by atoms with Crippen molar-refractivity contribution in [2.75, 3.05) is 65.7 Å². The first kappa shape index (κ1) is 25.3. The minimum absolute atomic E-state index is 0. The molecule has 3 saturated heterocycles. The lowest BCUT2D eigenvalue weighted by atomic mass is 10.1. The Morgan fingerprint density at radius 3 is 1.50 bits per heavy atom. The summed E-state index contributed by atoms with van der Waals surface area (Å²) in [6.45, 7) is 14.4. The molecule has 5 rings (SSSR count). The SMILES string of the molecule is [Cl-].[Cl-].c1ccc(C[N+]23CCCN(CC[N+]4(Cc5ccccn5)CCCN(CC2)C4)C3)nc1. The third kappa shape index (κ3) is 5.99. The van der Waals surface area contributed by atoms with Crippen LogP contribution in [-0.4, -0.2) is 94.4 Å². The smallest absolute Gasteiger partial charge is 0.135 e. The first-order valence-corrected chi connectivity index (χ1v) is 11.7. The average molecular weight is 480 g/mol. The van der Waals surface area contributed by atoms with E-state index in [4.69, 9.17) is 0 Å². The minimum Gasteiger partial charge on any atom is -1.00 e. The van der Waals surface area contributed by atoms with Gasteiger partial charge >= 0.3 is 0 Å². The van der Waals surface area contributed by atoms with Gasteiger partial charge in [0.1, 0.15) is 26.4 Å². The van der Waals surface area contributed by atoms with Gasteiger partial charge in [-0.2, -0.15) is 0 Å². The van der Waals surface area contributed by atoms with E-state index in [2.05, 4.69) is 44.0 Å². The van der Waals surface area contributed by atoms with Crippen molar-refractivity contribution < 1.29 is 33.8 Å². The highest BCUT2D eigenvalue weighted by Gasteiger charge is 2.41. The Morgan fingerprint density at radius 2 is 1.09 bits per heavy atom. The van der Waals surface area contributed by atoms with Crippen molar-refractivity contribution in [3.05, 3.63) is 60.2 Å². The zero-order chi connectivity index (χ0) is 20.3. The topological polar surface area (TPSA) is 32.3 Å². The van der Waals surface area contributed by atoms with Crippen LogP contribution in [0.25, 0.3) is 0 Å². The lowest BCUT2D eigenvalue weighted by Gasteiger charge is -2.51. The molecular formula is C24H36Cl2N6. The maximum Gasteiger partial charge on any atom is 0.135 e. The second-order valence-electron chi connectivity index (χ2n) is 9.76. The van der Waals surface area contributed by atoms with Gasteiger partial charge in [-0.1, -0.05) is 12.1 Å². The highest BCUT2D eigenvalue weighted by molar-refractivity contribution is 5.03. The van der Waals surface area contributed by atoms with Gasteiger partial charge in [-0.25, -0.2) is 0 Å². The van der Waals surface area contributed by atoms with Crippen LogP contribution in [0.2, 0.25) is 0 Å². The number of pyridine rings is 2. The Balaban J connectivity index is 0.00000144. The standard InChI is InChI=1S/C24H36N6.2ClH/c1-3-9-25-23(7-1)19-29-15-5-11-27(21-29)14-18-30(20-24-8-2-4-10-26-24)16-6-12-28(22-30)13-17-29;;/h1-4,7-10H,5-6,11-22H2;2*1H/q+2;;/p-2. The Bertz CT molecular complexity index is 756. The molecule has 0 amide bonds. The van der Waals surface area contributed by atoms with Gasteiger partial charge in [0.15, 0.2) is 0 Å². The Kier molecular flexibility index (Phi) is 8.90. The highest BCUT2D eigenvalue weighted by atomic mass is 35.5. The number of fused-ring (bicyclic) bond motifs is 4. The predicted molar refractivity (Wildman–Crippen MR) is 118 cm³/mol. The Labute approximate surface area is 205 Å². The molecule has 0 N–H and O–H groups in total. The molecule has 2 aromatic rings. The molecule has 0 spiro atoms. The molecule has 0 aromatic carbocycles. The van der Waals surface area contributed by atoms with Crippen LogP contribution in [0.15, 0.2) is 48.8 Å². The summed E-state index contributed by atoms with van der Waals surface area (Å²) in [4.78, 5) is 14.8. The molecule has 3 fully saturated rings. The monoisotopic (exact) mass is 478 g/mol. The third-order valence-electron chi connectivity index (χ3n) is 7.44. The summed E-state index contributed by atoms with van der Waals surface area (Å²) in [5, 5.41) is 0. The van der Waals surface area contributed by atoms with E-state index in [9.17, 15) is 0 Å². The van der Waals surface area contributed by atoms with E-state index in [0.29, 0.717) is 0 Å². The molecular weight excluding hydrogens is 443 g/mol. The van der Waals surface area contributed by atoms with E-state index in [1.165, 1.54) is 98.9 Å². The fraction of sp³-hybridized carbons (Fsp3) is 0.583. The number of hydrogen-bond acceptors (Lipinski definition) is 4. The number of halogens is 2. The molecule has 8 heteroatoms. The summed E-state index contributed by atoms with van der Waals surface area (Å²) in [6.07, 6.45) is 6.50. The molecule has 4 unspecified atom stereocenters. The van der Waals surface area contributed by atoms with E-state index in [1.807, 2.05) is 24.5 Å². The molecule has 3 aliphatic rings. The van der Waals surface area contributed by atoms with Crippen LogP contribution >= 0.6 is 0 Å². The summed E-state index contributed by atoms with van der Waals surface area (Å²) >= 11 is 0. The van der Waals surface area contributed by atoms with Crippen molar-refractivity contribution in [2.24, 2.45) is 0 Å². The van der Waals surface area contributed by atoms with Gasteiger partial charge in [0, 0.05) is 38.3 Å². The zero-order valence-electron chi connectivity index (χ0n) is 19.0. The molecule has 4 atom stereocenters. The second-order valence-corrected chi connectivity index (χ2v) is 9.76. The number of hydrogen-bond donors (Lipinski definition) is 0. The van der Waals surface area contributed by atoms with E-state index in [0.717, 1.165) is 13.1 Å². The van der Waals surface area contributed by atoms with Crippen molar-refractivity contribution in [2.45, 2.75) is 25.9 Å². The fourth-order valence-electron chi connectivity index (χ4n) is 5.91. The summed E-state index contributed by atoms with van der Waals surface area (Å²) in [6, 6.07) is 12.7. The number of aromatic nitrogens is 2. The van der Waals surface area contributed by atoms with Gasteiger partial charge in [0.05, 0.1) is 50.7 Å². The maximum atomic E-state index is 4.67. The van der Waals surface area contributed by atoms with Gasteiger partial charge in [-0.3, -0.25) is 19.8 Å². The molecule has 32 heavy (non-hydrogen) atoms. The van der Waals surface area contributed by atoms with Crippen LogP contribution in [0.3, 0.4) is 0 Å². The molecule has 6 nitrogen and oxygen atoms in total. The second kappa shape index (κ2) is 11.2. The quantitative estimate of drug-likeness (QED) is 0.421. The highest BCUT2D eigenvalue weighted by Crippen LogP contribution is 2.26. The van der Waals surface area contributed by atoms with Gasteiger partial charge in [-0.15, -0.1) is 0 Å². The number of nitrogens with zero attached hydrogens (tertiary/aromatic N) is 6. The van der Waals surface area contributed by atoms with Crippen molar-refractivity contribution in [1.82, 2.24) is 19.8 Å². The van der Waals surface area contributed by atoms with Crippen molar-refractivity contribution in [1.29, 1.82) is 0 Å². The average Bonchev–Trinajstić information content (AvgIpc) is 2.78. The maximum absolute atomic E-state index is 4.67. The van der Waals surface area contributed by atoms with E-state index in [1.54, 1.807) is 0 Å². The molecule has 2 aromatic heterocycles. The van der Waals surface area contributed by atoms with Crippen molar-refractivity contribution in [3.8, 4) is 0 Å². The van der Waals surface area contributed by atoms with E-state index >= 15 is 0 Å². The number of rotatable bonds is 4. The van der Waals surface area contributed by atoms with Crippen LogP contribution < -0.4 is 24.8 Å². The first-order valence-electron chi connectivity index (χ1n) is 11.7. The predicted octanol–water partition coefficient (Wildman–Crippen LogP) is -3.84. The largest absolute Gasteiger partial charge is 1.00 e. The lowest BCUT2D eigenvalue weighted by molar-refractivity contribution is -0.971. The molecule has 0 radical (unpaired) electrons. The van der Waals surface area contributed by atoms with Crippen molar-refractivity contribution in [3.63, 3.8) is 0 Å². The Hall–Kier alpha value is -1.28. The fourth-order valence-corrected chi connectivity index (χ4v) is 5.91.